The highest BCUT2D eigenvalue weighted by Crippen LogP contribution is 2.37. The number of hydrogen-bond acceptors (Lipinski definition) is 7. The number of benzene rings is 2. The predicted octanol–water partition coefficient (Wildman–Crippen LogP) is 2.43. The molecule has 0 aliphatic heterocycles. The highest BCUT2D eigenvalue weighted by Gasteiger charge is 2.10. The summed E-state index contributed by atoms with van der Waals surface area (Å²) in [6.45, 7) is 0. The molecule has 2 aromatic carbocycles. The number of aromatic nitrogens is 2. The van der Waals surface area contributed by atoms with Crippen LogP contribution in [0.25, 0.3) is 22.4 Å². The second kappa shape index (κ2) is 7.49. The Labute approximate surface area is 167 Å². The maximum absolute atomic E-state index is 12.4. The van der Waals surface area contributed by atoms with Crippen molar-refractivity contribution in [2.75, 3.05) is 14.2 Å². The van der Waals surface area contributed by atoms with E-state index in [4.69, 9.17) is 9.47 Å². The first kappa shape index (κ1) is 18.3. The van der Waals surface area contributed by atoms with E-state index in [1.807, 2.05) is 30.3 Å². The van der Waals surface area contributed by atoms with Gasteiger partial charge in [0.05, 0.1) is 33.6 Å². The highest BCUT2D eigenvalue weighted by atomic mass is 32.1. The number of methoxy groups -OCH3 is 2. The fraction of sp³-hybridized carbons (Fsp3) is 0.100. The molecule has 8 heteroatoms. The monoisotopic (exact) mass is 412 g/mol. The summed E-state index contributed by atoms with van der Waals surface area (Å²) >= 11 is 2.90. The van der Waals surface area contributed by atoms with Crippen LogP contribution in [0.2, 0.25) is 0 Å². The third-order valence-corrected chi connectivity index (χ3v) is 5.99. The molecule has 28 heavy (non-hydrogen) atoms. The molecule has 142 valence electrons. The number of hydrogen-bond donors (Lipinski definition) is 2. The van der Waals surface area contributed by atoms with Crippen molar-refractivity contribution in [2.45, 2.75) is 0 Å². The van der Waals surface area contributed by atoms with Crippen molar-refractivity contribution < 1.29 is 14.6 Å². The van der Waals surface area contributed by atoms with Crippen LogP contribution in [0, 0.1) is 0 Å². The number of aromatic hydroxyl groups is 1. The minimum absolute atomic E-state index is 0.0768. The van der Waals surface area contributed by atoms with Crippen LogP contribution in [-0.2, 0) is 0 Å². The summed E-state index contributed by atoms with van der Waals surface area (Å²) in [5, 5.41) is 10.9. The first-order valence-electron chi connectivity index (χ1n) is 8.30. The van der Waals surface area contributed by atoms with E-state index in [0.29, 0.717) is 14.8 Å². The largest absolute Gasteiger partial charge is 0.502 e. The molecule has 0 saturated carbocycles. The van der Waals surface area contributed by atoms with Crippen LogP contribution in [0.3, 0.4) is 0 Å². The molecule has 4 aromatic rings. The maximum atomic E-state index is 12.4. The lowest BCUT2D eigenvalue weighted by Gasteiger charge is -2.09. The molecule has 0 spiro atoms. The van der Waals surface area contributed by atoms with Gasteiger partial charge < -0.3 is 19.6 Å². The topological polar surface area (TPSA) is 84.4 Å². The average molecular weight is 412 g/mol. The molecule has 0 unspecified atom stereocenters. The minimum Gasteiger partial charge on any atom is -0.502 e. The number of nitrogens with zero attached hydrogens (tertiary/aromatic N) is 1. The zero-order chi connectivity index (χ0) is 19.7. The number of aromatic amines is 1. The molecule has 2 aromatic heterocycles. The van der Waals surface area contributed by atoms with Gasteiger partial charge in [-0.25, -0.2) is 4.98 Å². The lowest BCUT2D eigenvalue weighted by Crippen LogP contribution is -2.19. The smallest absolute Gasteiger partial charge is 0.266 e. The number of H-pyrrole nitrogens is 1. The van der Waals surface area contributed by atoms with E-state index in [0.717, 1.165) is 15.2 Å². The van der Waals surface area contributed by atoms with Crippen LogP contribution in [0.1, 0.15) is 10.6 Å². The molecule has 2 N–H and O–H groups in total. The van der Waals surface area contributed by atoms with Crippen molar-refractivity contribution in [3.63, 3.8) is 0 Å². The maximum Gasteiger partial charge on any atom is 0.266 e. The van der Waals surface area contributed by atoms with E-state index in [2.05, 4.69) is 9.97 Å². The van der Waals surface area contributed by atoms with Gasteiger partial charge in [-0.3, -0.25) is 4.79 Å². The van der Waals surface area contributed by atoms with Crippen LogP contribution in [-0.4, -0.2) is 29.3 Å². The molecule has 0 bridgehead atoms. The molecule has 4 rings (SSSR count). The molecule has 0 fully saturated rings. The molecular weight excluding hydrogens is 396 g/mol. The second-order valence-electron chi connectivity index (χ2n) is 5.87. The van der Waals surface area contributed by atoms with E-state index < -0.39 is 0 Å². The van der Waals surface area contributed by atoms with Gasteiger partial charge in [-0.1, -0.05) is 12.1 Å². The molecule has 2 heterocycles. The normalized spacial score (nSPS) is 12.6. The van der Waals surface area contributed by atoms with Gasteiger partial charge in [0.2, 0.25) is 5.75 Å². The molecular formula is C20H16N2O4S2. The number of para-hydroxylation sites is 1. The van der Waals surface area contributed by atoms with Crippen molar-refractivity contribution in [3.8, 4) is 17.2 Å². The van der Waals surface area contributed by atoms with Crippen LogP contribution < -0.4 is 24.2 Å². The molecule has 0 radical (unpaired) electrons. The number of thiazole rings is 2. The van der Waals surface area contributed by atoms with Gasteiger partial charge in [-0.15, -0.1) is 22.7 Å². The second-order valence-corrected chi connectivity index (χ2v) is 8.01. The van der Waals surface area contributed by atoms with Crippen LogP contribution in [0.4, 0.5) is 0 Å². The SMILES string of the molecule is COc1cc(/C=c2\s/c(=C/c3nc4ccccc4s3)[nH]c2=O)cc(OC)c1O. The van der Waals surface area contributed by atoms with Crippen molar-refractivity contribution >= 4 is 45.0 Å². The first-order chi connectivity index (χ1) is 13.6. The van der Waals surface area contributed by atoms with E-state index >= 15 is 0 Å². The standard InChI is InChI=1S/C20H16N2O4S2/c1-25-13-7-11(8-14(26-2)19(13)23)9-16-20(24)22-18(28-16)10-17-21-12-5-3-4-6-15(12)27-17/h3-10,23H,1-2H3,(H,22,24)/b16-9-,18-10+. The average Bonchev–Trinajstić information content (AvgIpc) is 3.25. The van der Waals surface area contributed by atoms with Crippen LogP contribution >= 0.6 is 22.7 Å². The van der Waals surface area contributed by atoms with E-state index in [-0.39, 0.29) is 22.8 Å². The molecule has 6 nitrogen and oxygen atoms in total. The number of nitrogens with one attached hydrogen (secondary N) is 1. The summed E-state index contributed by atoms with van der Waals surface area (Å²) < 4.78 is 12.7. The van der Waals surface area contributed by atoms with Crippen LogP contribution in [0.15, 0.2) is 41.2 Å². The predicted molar refractivity (Wildman–Crippen MR) is 112 cm³/mol. The molecule has 0 aliphatic carbocycles. The number of phenols is 1. The van der Waals surface area contributed by atoms with E-state index in [1.165, 1.54) is 25.6 Å². The fourth-order valence-electron chi connectivity index (χ4n) is 2.74. The van der Waals surface area contributed by atoms with Gasteiger partial charge in [-0.2, -0.15) is 0 Å². The van der Waals surface area contributed by atoms with Gasteiger partial charge in [0.25, 0.3) is 5.56 Å². The van der Waals surface area contributed by atoms with Crippen molar-refractivity contribution in [3.05, 3.63) is 66.5 Å². The van der Waals surface area contributed by atoms with Crippen LogP contribution in [0.5, 0.6) is 17.2 Å². The number of ether oxygens (including phenoxy) is 2. The third kappa shape index (κ3) is 3.51. The summed E-state index contributed by atoms with van der Waals surface area (Å²) in [5.41, 5.74) is 1.43. The summed E-state index contributed by atoms with van der Waals surface area (Å²) in [4.78, 5) is 19.8. The zero-order valence-corrected chi connectivity index (χ0v) is 16.7. The van der Waals surface area contributed by atoms with Gasteiger partial charge in [-0.05, 0) is 35.9 Å². The Morgan fingerprint density at radius 2 is 1.79 bits per heavy atom. The first-order valence-corrected chi connectivity index (χ1v) is 9.94. The Morgan fingerprint density at radius 3 is 2.46 bits per heavy atom. The Morgan fingerprint density at radius 1 is 1.07 bits per heavy atom. The lowest BCUT2D eigenvalue weighted by atomic mass is 10.1. The number of rotatable bonds is 4. The zero-order valence-electron chi connectivity index (χ0n) is 15.1. The van der Waals surface area contributed by atoms with Gasteiger partial charge in [0, 0.05) is 6.08 Å². The fourth-order valence-corrected chi connectivity index (χ4v) is 4.61. The Bertz CT molecular complexity index is 1280. The highest BCUT2D eigenvalue weighted by molar-refractivity contribution is 7.19. The Balaban J connectivity index is 1.78. The molecule has 0 saturated heterocycles. The van der Waals surface area contributed by atoms with Gasteiger partial charge >= 0.3 is 0 Å². The summed E-state index contributed by atoms with van der Waals surface area (Å²) in [7, 11) is 2.92. The van der Waals surface area contributed by atoms with Gasteiger partial charge in [0.1, 0.15) is 5.01 Å². The minimum atomic E-state index is -0.191. The Kier molecular flexibility index (Phi) is 4.89. The molecule has 0 atom stereocenters. The summed E-state index contributed by atoms with van der Waals surface area (Å²) in [5.74, 6) is 0.479. The Hall–Kier alpha value is -3.10. The molecule has 0 aliphatic rings. The van der Waals surface area contributed by atoms with Gasteiger partial charge in [0.15, 0.2) is 11.5 Å². The van der Waals surface area contributed by atoms with Crippen molar-refractivity contribution in [1.82, 2.24) is 9.97 Å². The van der Waals surface area contributed by atoms with Crippen molar-refractivity contribution in [1.29, 1.82) is 0 Å². The third-order valence-electron chi connectivity index (χ3n) is 4.05. The lowest BCUT2D eigenvalue weighted by molar-refractivity contribution is 0.340. The van der Waals surface area contributed by atoms with E-state index in [1.54, 1.807) is 29.5 Å². The molecule has 0 amide bonds. The van der Waals surface area contributed by atoms with E-state index in [9.17, 15) is 9.90 Å². The number of phenolic OH excluding ortho intramolecular Hbond substituents is 1. The number of fused-ring (bicyclic) bond motifs is 1. The quantitative estimate of drug-likeness (QED) is 0.538. The summed E-state index contributed by atoms with van der Waals surface area (Å²) in [6, 6.07) is 11.2. The summed E-state index contributed by atoms with van der Waals surface area (Å²) in [6.07, 6.45) is 3.59. The van der Waals surface area contributed by atoms with Crippen molar-refractivity contribution in [2.24, 2.45) is 0 Å².